The first-order valence-electron chi connectivity index (χ1n) is 9.39. The largest absolute Gasteiger partial charge is 0.507 e. The van der Waals surface area contributed by atoms with Gasteiger partial charge in [-0.1, -0.05) is 30.7 Å². The fourth-order valence-corrected chi connectivity index (χ4v) is 4.17. The summed E-state index contributed by atoms with van der Waals surface area (Å²) in [5.41, 5.74) is 2.06. The molecule has 1 fully saturated rings. The molecule has 0 spiro atoms. The van der Waals surface area contributed by atoms with Crippen molar-refractivity contribution in [3.63, 3.8) is 0 Å². The summed E-state index contributed by atoms with van der Waals surface area (Å²) in [6.07, 6.45) is 2.44. The molecule has 1 aromatic heterocycles. The molecule has 140 valence electrons. The number of fused-ring (bicyclic) bond motifs is 1. The third-order valence-electron chi connectivity index (χ3n) is 5.43. The van der Waals surface area contributed by atoms with Crippen molar-refractivity contribution in [3.05, 3.63) is 63.5 Å². The minimum atomic E-state index is -0.404. The molecule has 2 aromatic carbocycles. The number of likely N-dealkylation sites (tertiary alicyclic amines) is 1. The van der Waals surface area contributed by atoms with Gasteiger partial charge in [-0.3, -0.25) is 0 Å². The van der Waals surface area contributed by atoms with E-state index in [1.54, 1.807) is 36.4 Å². The molecule has 0 radical (unpaired) electrons. The molecule has 1 saturated heterocycles. The fourth-order valence-electron chi connectivity index (χ4n) is 4.04. The average Bonchev–Trinajstić information content (AvgIpc) is 2.65. The van der Waals surface area contributed by atoms with Crippen LogP contribution in [0.2, 0.25) is 5.02 Å². The molecule has 0 saturated carbocycles. The molecule has 4 nitrogen and oxygen atoms in total. The summed E-state index contributed by atoms with van der Waals surface area (Å²) in [5.74, 6) is 0.866. The Labute approximate surface area is 163 Å². The number of quaternary nitrogens is 1. The van der Waals surface area contributed by atoms with Crippen LogP contribution in [0.5, 0.6) is 5.75 Å². The van der Waals surface area contributed by atoms with Crippen molar-refractivity contribution in [1.29, 1.82) is 0 Å². The lowest BCUT2D eigenvalue weighted by Gasteiger charge is -2.28. The first-order valence-corrected chi connectivity index (χ1v) is 9.77. The van der Waals surface area contributed by atoms with E-state index in [9.17, 15) is 9.90 Å². The third-order valence-corrected chi connectivity index (χ3v) is 5.68. The molecule has 2 heterocycles. The summed E-state index contributed by atoms with van der Waals surface area (Å²) in [6.45, 7) is 5.08. The number of halogens is 1. The lowest BCUT2D eigenvalue weighted by atomic mass is 9.99. The monoisotopic (exact) mass is 384 g/mol. The minimum Gasteiger partial charge on any atom is -0.507 e. The van der Waals surface area contributed by atoms with Crippen LogP contribution in [-0.2, 0) is 6.54 Å². The van der Waals surface area contributed by atoms with Crippen molar-refractivity contribution in [3.8, 4) is 16.9 Å². The van der Waals surface area contributed by atoms with Crippen LogP contribution >= 0.6 is 11.6 Å². The maximum atomic E-state index is 12.6. The van der Waals surface area contributed by atoms with Crippen LogP contribution in [0.4, 0.5) is 0 Å². The minimum absolute atomic E-state index is 0.190. The van der Waals surface area contributed by atoms with E-state index in [1.165, 1.54) is 17.7 Å². The van der Waals surface area contributed by atoms with Crippen molar-refractivity contribution < 1.29 is 14.4 Å². The highest BCUT2D eigenvalue weighted by Gasteiger charge is 2.23. The number of hydrogen-bond acceptors (Lipinski definition) is 3. The first-order chi connectivity index (χ1) is 13.0. The van der Waals surface area contributed by atoms with Crippen molar-refractivity contribution in [2.24, 2.45) is 5.92 Å². The SMILES string of the molecule is CC1CCC[NH+](Cc2c(O)ccc3cc(-c4ccc(Cl)cc4)c(=O)oc23)C1. The average molecular weight is 385 g/mol. The number of aromatic hydroxyl groups is 1. The van der Waals surface area contributed by atoms with E-state index in [0.29, 0.717) is 28.6 Å². The van der Waals surface area contributed by atoms with E-state index < -0.39 is 5.63 Å². The van der Waals surface area contributed by atoms with E-state index in [4.69, 9.17) is 16.0 Å². The summed E-state index contributed by atoms with van der Waals surface area (Å²) < 4.78 is 5.70. The lowest BCUT2D eigenvalue weighted by molar-refractivity contribution is -0.922. The molecule has 0 aliphatic carbocycles. The first kappa shape index (κ1) is 18.1. The standard InChI is InChI=1S/C22H22ClNO3/c1-14-3-2-10-24(12-14)13-19-20(25)9-6-16-11-18(22(26)27-21(16)19)15-4-7-17(23)8-5-15/h4-9,11,14,25H,2-3,10,12-13H2,1H3/p+1. The zero-order valence-corrected chi connectivity index (χ0v) is 16.1. The quantitative estimate of drug-likeness (QED) is 0.678. The lowest BCUT2D eigenvalue weighted by Crippen LogP contribution is -3.12. The van der Waals surface area contributed by atoms with E-state index in [1.807, 2.05) is 6.07 Å². The van der Waals surface area contributed by atoms with Gasteiger partial charge in [0.15, 0.2) is 5.58 Å². The highest BCUT2D eigenvalue weighted by Crippen LogP contribution is 2.29. The Bertz CT molecular complexity index is 1030. The van der Waals surface area contributed by atoms with Crippen molar-refractivity contribution in [1.82, 2.24) is 0 Å². The third kappa shape index (κ3) is 3.73. The van der Waals surface area contributed by atoms with Crippen LogP contribution in [0.25, 0.3) is 22.1 Å². The Morgan fingerprint density at radius 2 is 2.00 bits per heavy atom. The number of rotatable bonds is 3. The summed E-state index contributed by atoms with van der Waals surface area (Å²) in [5, 5.41) is 11.9. The highest BCUT2D eigenvalue weighted by molar-refractivity contribution is 6.30. The van der Waals surface area contributed by atoms with Gasteiger partial charge in [0.1, 0.15) is 12.3 Å². The maximum Gasteiger partial charge on any atom is 0.344 e. The molecule has 1 aliphatic heterocycles. The molecule has 2 unspecified atom stereocenters. The molecule has 27 heavy (non-hydrogen) atoms. The number of phenolic OH excluding ortho intramolecular Hbond substituents is 1. The van der Waals surface area contributed by atoms with Crippen LogP contribution < -0.4 is 10.5 Å². The van der Waals surface area contributed by atoms with Crippen LogP contribution in [0, 0.1) is 5.92 Å². The maximum absolute atomic E-state index is 12.6. The predicted molar refractivity (Wildman–Crippen MR) is 107 cm³/mol. The topological polar surface area (TPSA) is 54.9 Å². The molecule has 3 aromatic rings. The molecule has 1 aliphatic rings. The number of piperidine rings is 1. The van der Waals surface area contributed by atoms with Crippen molar-refractivity contribution >= 4 is 22.6 Å². The van der Waals surface area contributed by atoms with Gasteiger partial charge in [0, 0.05) is 16.3 Å². The molecular formula is C22H23ClNO3+. The van der Waals surface area contributed by atoms with Gasteiger partial charge in [-0.2, -0.15) is 0 Å². The van der Waals surface area contributed by atoms with Crippen LogP contribution in [-0.4, -0.2) is 18.2 Å². The van der Waals surface area contributed by atoms with Crippen LogP contribution in [0.15, 0.2) is 51.7 Å². The number of hydrogen-bond donors (Lipinski definition) is 2. The van der Waals surface area contributed by atoms with Gasteiger partial charge in [0.05, 0.1) is 24.2 Å². The van der Waals surface area contributed by atoms with Crippen LogP contribution in [0.3, 0.4) is 0 Å². The highest BCUT2D eigenvalue weighted by atomic mass is 35.5. The van der Waals surface area contributed by atoms with Crippen molar-refractivity contribution in [2.45, 2.75) is 26.3 Å². The summed E-state index contributed by atoms with van der Waals surface area (Å²) in [4.78, 5) is 14.1. The van der Waals surface area contributed by atoms with Gasteiger partial charge in [-0.25, -0.2) is 4.79 Å². The molecule has 0 bridgehead atoms. The molecular weight excluding hydrogens is 362 g/mol. The number of nitrogens with one attached hydrogen (secondary N) is 1. The summed E-state index contributed by atoms with van der Waals surface area (Å²) >= 11 is 5.94. The van der Waals surface area contributed by atoms with E-state index in [2.05, 4.69) is 6.92 Å². The van der Waals surface area contributed by atoms with E-state index in [0.717, 1.165) is 29.6 Å². The molecule has 4 rings (SSSR count). The molecule has 2 atom stereocenters. The van der Waals surface area contributed by atoms with Gasteiger partial charge in [-0.05, 0) is 48.7 Å². The Balaban J connectivity index is 1.76. The normalized spacial score (nSPS) is 20.1. The Hall–Kier alpha value is -2.30. The zero-order valence-electron chi connectivity index (χ0n) is 15.3. The second-order valence-electron chi connectivity index (χ2n) is 7.56. The van der Waals surface area contributed by atoms with Gasteiger partial charge >= 0.3 is 5.63 Å². The second kappa shape index (κ2) is 7.37. The molecule has 5 heteroatoms. The van der Waals surface area contributed by atoms with Crippen LogP contribution in [0.1, 0.15) is 25.3 Å². The van der Waals surface area contributed by atoms with Gasteiger partial charge in [0.25, 0.3) is 0 Å². The summed E-state index contributed by atoms with van der Waals surface area (Å²) in [7, 11) is 0. The molecule has 0 amide bonds. The Kier molecular flexibility index (Phi) is 4.94. The predicted octanol–water partition coefficient (Wildman–Crippen LogP) is 3.63. The Morgan fingerprint density at radius 3 is 2.74 bits per heavy atom. The number of benzene rings is 2. The number of phenols is 1. The Morgan fingerprint density at radius 1 is 1.22 bits per heavy atom. The van der Waals surface area contributed by atoms with Gasteiger partial charge in [0.2, 0.25) is 0 Å². The fraction of sp³-hybridized carbons (Fsp3) is 0.318. The summed E-state index contributed by atoms with van der Waals surface area (Å²) in [6, 6.07) is 12.4. The van der Waals surface area contributed by atoms with E-state index in [-0.39, 0.29) is 5.75 Å². The zero-order chi connectivity index (χ0) is 19.0. The molecule has 2 N–H and O–H groups in total. The smallest absolute Gasteiger partial charge is 0.344 e. The van der Waals surface area contributed by atoms with Crippen molar-refractivity contribution in [2.75, 3.05) is 13.1 Å². The van der Waals surface area contributed by atoms with Gasteiger partial charge in [-0.15, -0.1) is 0 Å². The second-order valence-corrected chi connectivity index (χ2v) is 8.00. The van der Waals surface area contributed by atoms with E-state index >= 15 is 0 Å². The van der Waals surface area contributed by atoms with Gasteiger partial charge < -0.3 is 14.4 Å².